The molecule has 0 unspecified atom stereocenters. The van der Waals surface area contributed by atoms with Crippen molar-refractivity contribution < 1.29 is 9.59 Å². The smallest absolute Gasteiger partial charge is 0.243 e. The molecule has 2 amide bonds. The lowest BCUT2D eigenvalue weighted by molar-refractivity contribution is -0.129. The van der Waals surface area contributed by atoms with Gasteiger partial charge in [-0.05, 0) is 49.9 Å². The molecule has 0 aliphatic heterocycles. The Morgan fingerprint density at radius 1 is 1.16 bits per heavy atom. The van der Waals surface area contributed by atoms with Crippen molar-refractivity contribution in [1.82, 2.24) is 5.32 Å². The minimum absolute atomic E-state index is 0.00169. The first-order chi connectivity index (χ1) is 9.04. The molecular formula is C15H20N2O2. The Bertz CT molecular complexity index is 473. The minimum Gasteiger partial charge on any atom is -0.347 e. The molecule has 4 nitrogen and oxygen atoms in total. The van der Waals surface area contributed by atoms with Crippen LogP contribution in [0.2, 0.25) is 0 Å². The van der Waals surface area contributed by atoms with Gasteiger partial charge in [-0.1, -0.05) is 12.5 Å². The number of anilines is 1. The van der Waals surface area contributed by atoms with Gasteiger partial charge in [-0.3, -0.25) is 9.59 Å². The molecule has 1 saturated carbocycles. The lowest BCUT2D eigenvalue weighted by Crippen LogP contribution is -2.39. The first-order valence-electron chi connectivity index (χ1n) is 6.70. The van der Waals surface area contributed by atoms with Crippen molar-refractivity contribution in [1.29, 1.82) is 0 Å². The van der Waals surface area contributed by atoms with Gasteiger partial charge in [-0.2, -0.15) is 0 Å². The predicted octanol–water partition coefficient (Wildman–Crippen LogP) is 2.16. The molecule has 4 heteroatoms. The van der Waals surface area contributed by atoms with Crippen molar-refractivity contribution in [2.75, 3.05) is 11.9 Å². The molecule has 1 aliphatic rings. The number of aryl methyl sites for hydroxylation is 2. The number of nitrogens with one attached hydrogen (secondary N) is 2. The number of hydrogen-bond acceptors (Lipinski definition) is 2. The van der Waals surface area contributed by atoms with E-state index >= 15 is 0 Å². The summed E-state index contributed by atoms with van der Waals surface area (Å²) in [6.07, 6.45) is 3.02. The van der Waals surface area contributed by atoms with Crippen LogP contribution in [-0.4, -0.2) is 18.4 Å². The first-order valence-corrected chi connectivity index (χ1v) is 6.70. The highest BCUT2D eigenvalue weighted by atomic mass is 16.2. The first kappa shape index (κ1) is 13.6. The number of hydrogen-bond donors (Lipinski definition) is 2. The van der Waals surface area contributed by atoms with Crippen LogP contribution >= 0.6 is 0 Å². The summed E-state index contributed by atoms with van der Waals surface area (Å²) in [5.74, 6) is -0.0616. The Morgan fingerprint density at radius 2 is 1.79 bits per heavy atom. The predicted molar refractivity (Wildman–Crippen MR) is 74.9 cm³/mol. The highest BCUT2D eigenvalue weighted by Gasteiger charge is 2.25. The fourth-order valence-electron chi connectivity index (χ4n) is 2.23. The molecule has 0 atom stereocenters. The second-order valence-electron chi connectivity index (χ2n) is 5.27. The summed E-state index contributed by atoms with van der Waals surface area (Å²) in [7, 11) is 0. The maximum atomic E-state index is 11.7. The Labute approximate surface area is 113 Å². The van der Waals surface area contributed by atoms with Crippen LogP contribution in [0.5, 0.6) is 0 Å². The van der Waals surface area contributed by atoms with E-state index in [1.807, 2.05) is 32.0 Å². The third-order valence-electron chi connectivity index (χ3n) is 3.40. The molecule has 0 bridgehead atoms. The third-order valence-corrected chi connectivity index (χ3v) is 3.40. The van der Waals surface area contributed by atoms with Crippen LogP contribution < -0.4 is 10.6 Å². The molecule has 1 aliphatic carbocycles. The van der Waals surface area contributed by atoms with Crippen molar-refractivity contribution in [3.05, 3.63) is 29.3 Å². The zero-order valence-electron chi connectivity index (χ0n) is 11.5. The third kappa shape index (κ3) is 3.81. The molecular weight excluding hydrogens is 240 g/mol. The van der Waals surface area contributed by atoms with E-state index in [1.165, 1.54) is 0 Å². The average Bonchev–Trinajstić information content (AvgIpc) is 2.22. The molecule has 2 N–H and O–H groups in total. The Morgan fingerprint density at radius 3 is 2.32 bits per heavy atom. The van der Waals surface area contributed by atoms with Gasteiger partial charge in [0, 0.05) is 11.6 Å². The number of carbonyl (C=O) groups excluding carboxylic acids is 2. The fourth-order valence-corrected chi connectivity index (χ4v) is 2.23. The van der Waals surface area contributed by atoms with Crippen molar-refractivity contribution in [3.63, 3.8) is 0 Å². The summed E-state index contributed by atoms with van der Waals surface area (Å²) < 4.78 is 0. The molecule has 2 rings (SSSR count). The lowest BCUT2D eigenvalue weighted by atomic mass is 9.85. The zero-order chi connectivity index (χ0) is 13.8. The molecule has 0 saturated heterocycles. The van der Waals surface area contributed by atoms with Gasteiger partial charge in [-0.15, -0.1) is 0 Å². The van der Waals surface area contributed by atoms with Crippen LogP contribution in [-0.2, 0) is 9.59 Å². The maximum Gasteiger partial charge on any atom is 0.243 e. The van der Waals surface area contributed by atoms with Gasteiger partial charge in [-0.25, -0.2) is 0 Å². The topological polar surface area (TPSA) is 58.2 Å². The minimum atomic E-state index is -0.183. The summed E-state index contributed by atoms with van der Waals surface area (Å²) in [4.78, 5) is 23.3. The molecule has 1 aromatic rings. The highest BCUT2D eigenvalue weighted by molar-refractivity contribution is 5.95. The molecule has 0 radical (unpaired) electrons. The lowest BCUT2D eigenvalue weighted by Gasteiger charge is -2.23. The summed E-state index contributed by atoms with van der Waals surface area (Å²) in [5, 5.41) is 5.48. The Kier molecular flexibility index (Phi) is 4.20. The van der Waals surface area contributed by atoms with Crippen LogP contribution in [0, 0.1) is 19.8 Å². The van der Waals surface area contributed by atoms with Crippen LogP contribution in [0.4, 0.5) is 5.69 Å². The average molecular weight is 260 g/mol. The Balaban J connectivity index is 1.81. The van der Waals surface area contributed by atoms with E-state index in [9.17, 15) is 9.59 Å². The molecule has 19 heavy (non-hydrogen) atoms. The molecule has 102 valence electrons. The normalized spacial score (nSPS) is 14.6. The van der Waals surface area contributed by atoms with Gasteiger partial charge in [0.25, 0.3) is 0 Å². The summed E-state index contributed by atoms with van der Waals surface area (Å²) in [5.41, 5.74) is 2.99. The van der Waals surface area contributed by atoms with E-state index in [2.05, 4.69) is 10.6 Å². The van der Waals surface area contributed by atoms with Gasteiger partial charge in [0.15, 0.2) is 0 Å². The SMILES string of the molecule is Cc1cc(C)cc(NC(=O)CNC(=O)C2CCC2)c1. The van der Waals surface area contributed by atoms with E-state index < -0.39 is 0 Å². The number of amides is 2. The number of carbonyl (C=O) groups is 2. The van der Waals surface area contributed by atoms with Gasteiger partial charge < -0.3 is 10.6 Å². The van der Waals surface area contributed by atoms with Crippen molar-refractivity contribution >= 4 is 17.5 Å². The molecule has 0 aromatic heterocycles. The zero-order valence-corrected chi connectivity index (χ0v) is 11.5. The van der Waals surface area contributed by atoms with Gasteiger partial charge >= 0.3 is 0 Å². The second-order valence-corrected chi connectivity index (χ2v) is 5.27. The van der Waals surface area contributed by atoms with Crippen LogP contribution in [0.3, 0.4) is 0 Å². The van der Waals surface area contributed by atoms with E-state index in [-0.39, 0.29) is 24.3 Å². The summed E-state index contributed by atoms with van der Waals surface area (Å²) in [6.45, 7) is 4.02. The molecule has 1 fully saturated rings. The van der Waals surface area contributed by atoms with Crippen molar-refractivity contribution in [2.45, 2.75) is 33.1 Å². The molecule has 0 heterocycles. The molecule has 1 aromatic carbocycles. The number of rotatable bonds is 4. The largest absolute Gasteiger partial charge is 0.347 e. The van der Waals surface area contributed by atoms with Crippen molar-refractivity contribution in [3.8, 4) is 0 Å². The van der Waals surface area contributed by atoms with Crippen LogP contribution in [0.15, 0.2) is 18.2 Å². The van der Waals surface area contributed by atoms with Crippen LogP contribution in [0.25, 0.3) is 0 Å². The van der Waals surface area contributed by atoms with E-state index in [0.717, 1.165) is 36.1 Å². The summed E-state index contributed by atoms with van der Waals surface area (Å²) in [6, 6.07) is 5.88. The quantitative estimate of drug-likeness (QED) is 0.871. The number of benzene rings is 1. The van der Waals surface area contributed by atoms with Gasteiger partial charge in [0.2, 0.25) is 11.8 Å². The second kappa shape index (κ2) is 5.87. The maximum absolute atomic E-state index is 11.7. The van der Waals surface area contributed by atoms with E-state index in [4.69, 9.17) is 0 Å². The van der Waals surface area contributed by atoms with Crippen LogP contribution in [0.1, 0.15) is 30.4 Å². The van der Waals surface area contributed by atoms with E-state index in [1.54, 1.807) is 0 Å². The Hall–Kier alpha value is -1.84. The van der Waals surface area contributed by atoms with Gasteiger partial charge in [0.05, 0.1) is 6.54 Å². The summed E-state index contributed by atoms with van der Waals surface area (Å²) >= 11 is 0. The molecule has 0 spiro atoms. The monoisotopic (exact) mass is 260 g/mol. The van der Waals surface area contributed by atoms with E-state index in [0.29, 0.717) is 0 Å². The fraction of sp³-hybridized carbons (Fsp3) is 0.467. The van der Waals surface area contributed by atoms with Crippen molar-refractivity contribution in [2.24, 2.45) is 5.92 Å². The van der Waals surface area contributed by atoms with Gasteiger partial charge in [0.1, 0.15) is 0 Å². The standard InChI is InChI=1S/C15H20N2O2/c1-10-6-11(2)8-13(7-10)17-14(18)9-16-15(19)12-4-3-5-12/h6-8,12H,3-5,9H2,1-2H3,(H,16,19)(H,17,18). The highest BCUT2D eigenvalue weighted by Crippen LogP contribution is 2.26.